The minimum atomic E-state index is 0.202. The van der Waals surface area contributed by atoms with Crippen LogP contribution in [0, 0.1) is 5.41 Å². The molecule has 1 amide bonds. The zero-order valence-corrected chi connectivity index (χ0v) is 10.4. The third-order valence-electron chi connectivity index (χ3n) is 4.36. The third-order valence-corrected chi connectivity index (χ3v) is 4.36. The summed E-state index contributed by atoms with van der Waals surface area (Å²) in [6.07, 6.45) is 13.0. The summed E-state index contributed by atoms with van der Waals surface area (Å²) in [6, 6.07) is 0. The van der Waals surface area contributed by atoms with Crippen molar-refractivity contribution in [3.8, 4) is 0 Å². The summed E-state index contributed by atoms with van der Waals surface area (Å²) in [6.45, 7) is 3.86. The van der Waals surface area contributed by atoms with Crippen molar-refractivity contribution in [3.63, 3.8) is 0 Å². The predicted molar refractivity (Wildman–Crippen MR) is 66.1 cm³/mol. The van der Waals surface area contributed by atoms with E-state index < -0.39 is 0 Å². The van der Waals surface area contributed by atoms with Crippen LogP contribution in [-0.2, 0) is 4.79 Å². The number of rotatable bonds is 1. The van der Waals surface area contributed by atoms with Crippen molar-refractivity contribution in [1.29, 1.82) is 0 Å². The number of piperidine rings is 1. The van der Waals surface area contributed by atoms with Crippen molar-refractivity contribution >= 4 is 5.91 Å². The van der Waals surface area contributed by atoms with Crippen LogP contribution in [0.15, 0.2) is 12.2 Å². The molecule has 2 heteroatoms. The van der Waals surface area contributed by atoms with Crippen LogP contribution in [-0.4, -0.2) is 23.9 Å². The fraction of sp³-hybridized carbons (Fsp3) is 0.786. The normalized spacial score (nSPS) is 25.2. The zero-order valence-electron chi connectivity index (χ0n) is 10.4. The van der Waals surface area contributed by atoms with E-state index >= 15 is 0 Å². The summed E-state index contributed by atoms with van der Waals surface area (Å²) in [5, 5.41) is 0. The Bertz CT molecular complexity index is 266. The molecule has 0 aromatic carbocycles. The molecule has 0 bridgehead atoms. The molecule has 1 spiro atoms. The molecule has 90 valence electrons. The standard InChI is InChI=1S/C14H23NO/c1-2-6-13(16)15-11-9-14(10-12-15)7-4-3-5-8-14/h2,6H,3-5,7-12H2,1H3. The van der Waals surface area contributed by atoms with Gasteiger partial charge >= 0.3 is 0 Å². The van der Waals surface area contributed by atoms with Gasteiger partial charge in [0.15, 0.2) is 0 Å². The second kappa shape index (κ2) is 5.03. The first kappa shape index (κ1) is 11.7. The number of allylic oxidation sites excluding steroid dienone is 1. The van der Waals surface area contributed by atoms with Crippen LogP contribution in [0.4, 0.5) is 0 Å². The van der Waals surface area contributed by atoms with Crippen LogP contribution in [0.3, 0.4) is 0 Å². The Kier molecular flexibility index (Phi) is 3.67. The number of carbonyl (C=O) groups is 1. The van der Waals surface area contributed by atoms with Crippen LogP contribution in [0.5, 0.6) is 0 Å². The molecule has 0 atom stereocenters. The summed E-state index contributed by atoms with van der Waals surface area (Å²) < 4.78 is 0. The lowest BCUT2D eigenvalue weighted by atomic mass is 9.68. The molecule has 0 aromatic heterocycles. The lowest BCUT2D eigenvalue weighted by Crippen LogP contribution is -2.43. The molecule has 2 aliphatic rings. The molecule has 0 radical (unpaired) electrons. The Hall–Kier alpha value is -0.790. The second-order valence-electron chi connectivity index (χ2n) is 5.39. The Labute approximate surface area is 98.7 Å². The van der Waals surface area contributed by atoms with Crippen molar-refractivity contribution in [2.45, 2.75) is 51.9 Å². The maximum absolute atomic E-state index is 11.7. The van der Waals surface area contributed by atoms with Gasteiger partial charge in [-0.2, -0.15) is 0 Å². The van der Waals surface area contributed by atoms with Crippen LogP contribution in [0.2, 0.25) is 0 Å². The topological polar surface area (TPSA) is 20.3 Å². The minimum absolute atomic E-state index is 0.202. The Morgan fingerprint density at radius 1 is 1.06 bits per heavy atom. The van der Waals surface area contributed by atoms with Gasteiger partial charge in [-0.05, 0) is 44.1 Å². The average Bonchev–Trinajstić information content (AvgIpc) is 2.31. The van der Waals surface area contributed by atoms with Crippen LogP contribution in [0.25, 0.3) is 0 Å². The molecule has 1 saturated heterocycles. The number of nitrogens with zero attached hydrogens (tertiary/aromatic N) is 1. The van der Waals surface area contributed by atoms with Crippen molar-refractivity contribution in [3.05, 3.63) is 12.2 Å². The summed E-state index contributed by atoms with van der Waals surface area (Å²) in [4.78, 5) is 13.7. The summed E-state index contributed by atoms with van der Waals surface area (Å²) in [5.74, 6) is 0.202. The number of likely N-dealkylation sites (tertiary alicyclic amines) is 1. The van der Waals surface area contributed by atoms with Crippen molar-refractivity contribution in [2.24, 2.45) is 5.41 Å². The van der Waals surface area contributed by atoms with E-state index in [9.17, 15) is 4.79 Å². The van der Waals surface area contributed by atoms with Gasteiger partial charge in [0, 0.05) is 13.1 Å². The lowest BCUT2D eigenvalue weighted by Gasteiger charge is -2.44. The first-order chi connectivity index (χ1) is 7.76. The van der Waals surface area contributed by atoms with Gasteiger partial charge in [0.05, 0.1) is 0 Å². The van der Waals surface area contributed by atoms with Gasteiger partial charge in [-0.25, -0.2) is 0 Å². The number of hydrogen-bond donors (Lipinski definition) is 0. The molecule has 2 nitrogen and oxygen atoms in total. The smallest absolute Gasteiger partial charge is 0.246 e. The monoisotopic (exact) mass is 221 g/mol. The van der Waals surface area contributed by atoms with Gasteiger partial charge in [0.1, 0.15) is 0 Å². The molecule has 1 aliphatic heterocycles. The molecule has 2 fully saturated rings. The van der Waals surface area contributed by atoms with E-state index in [1.807, 2.05) is 17.9 Å². The fourth-order valence-corrected chi connectivity index (χ4v) is 3.25. The van der Waals surface area contributed by atoms with Crippen LogP contribution in [0.1, 0.15) is 51.9 Å². The molecule has 0 N–H and O–H groups in total. The molecule has 1 saturated carbocycles. The van der Waals surface area contributed by atoms with E-state index in [4.69, 9.17) is 0 Å². The Morgan fingerprint density at radius 3 is 2.25 bits per heavy atom. The van der Waals surface area contributed by atoms with E-state index in [1.165, 1.54) is 44.9 Å². The zero-order chi connectivity index (χ0) is 11.4. The average molecular weight is 221 g/mol. The third kappa shape index (κ3) is 2.47. The van der Waals surface area contributed by atoms with E-state index in [0.29, 0.717) is 5.41 Å². The molecule has 2 rings (SSSR count). The Morgan fingerprint density at radius 2 is 1.69 bits per heavy atom. The van der Waals surface area contributed by atoms with Gasteiger partial charge in [0.2, 0.25) is 5.91 Å². The number of amides is 1. The number of carbonyl (C=O) groups excluding carboxylic acids is 1. The predicted octanol–water partition coefficient (Wildman–Crippen LogP) is 3.14. The fourth-order valence-electron chi connectivity index (χ4n) is 3.25. The number of hydrogen-bond acceptors (Lipinski definition) is 1. The van der Waals surface area contributed by atoms with Gasteiger partial charge in [-0.15, -0.1) is 0 Å². The van der Waals surface area contributed by atoms with E-state index in [2.05, 4.69) is 0 Å². The van der Waals surface area contributed by atoms with Crippen LogP contribution < -0.4 is 0 Å². The first-order valence-corrected chi connectivity index (χ1v) is 6.67. The molecular formula is C14H23NO. The van der Waals surface area contributed by atoms with Gasteiger partial charge < -0.3 is 4.90 Å². The van der Waals surface area contributed by atoms with Gasteiger partial charge in [0.25, 0.3) is 0 Å². The molecular weight excluding hydrogens is 198 g/mol. The molecule has 1 heterocycles. The maximum Gasteiger partial charge on any atom is 0.246 e. The van der Waals surface area contributed by atoms with Gasteiger partial charge in [-0.3, -0.25) is 4.79 Å². The van der Waals surface area contributed by atoms with Crippen LogP contribution >= 0.6 is 0 Å². The molecule has 0 unspecified atom stereocenters. The highest BCUT2D eigenvalue weighted by atomic mass is 16.2. The SMILES string of the molecule is CC=CC(=O)N1CCC2(CCCCC2)CC1. The summed E-state index contributed by atoms with van der Waals surface area (Å²) >= 11 is 0. The molecule has 16 heavy (non-hydrogen) atoms. The summed E-state index contributed by atoms with van der Waals surface area (Å²) in [7, 11) is 0. The van der Waals surface area contributed by atoms with Crippen molar-refractivity contribution < 1.29 is 4.79 Å². The van der Waals surface area contributed by atoms with Crippen molar-refractivity contribution in [2.75, 3.05) is 13.1 Å². The van der Waals surface area contributed by atoms with E-state index in [0.717, 1.165) is 13.1 Å². The largest absolute Gasteiger partial charge is 0.339 e. The summed E-state index contributed by atoms with van der Waals surface area (Å²) in [5.41, 5.74) is 0.602. The minimum Gasteiger partial charge on any atom is -0.339 e. The van der Waals surface area contributed by atoms with Crippen molar-refractivity contribution in [1.82, 2.24) is 4.90 Å². The maximum atomic E-state index is 11.7. The van der Waals surface area contributed by atoms with E-state index in [1.54, 1.807) is 6.08 Å². The highest BCUT2D eigenvalue weighted by molar-refractivity contribution is 5.87. The highest BCUT2D eigenvalue weighted by Gasteiger charge is 2.36. The molecule has 0 aromatic rings. The Balaban J connectivity index is 1.88. The van der Waals surface area contributed by atoms with Gasteiger partial charge in [-0.1, -0.05) is 25.3 Å². The highest BCUT2D eigenvalue weighted by Crippen LogP contribution is 2.44. The first-order valence-electron chi connectivity index (χ1n) is 6.67. The quantitative estimate of drug-likeness (QED) is 0.623. The second-order valence-corrected chi connectivity index (χ2v) is 5.39. The van der Waals surface area contributed by atoms with E-state index in [-0.39, 0.29) is 5.91 Å². The molecule has 1 aliphatic carbocycles. The lowest BCUT2D eigenvalue weighted by molar-refractivity contribution is -0.128.